The average molecular weight is 1570 g/mol. The van der Waals surface area contributed by atoms with Crippen LogP contribution in [0.15, 0.2) is 24.3 Å². The number of carbonyl (C=O) groups is 4. The van der Waals surface area contributed by atoms with Crippen molar-refractivity contribution < 1.29 is 80.2 Å². The van der Waals surface area contributed by atoms with Crippen molar-refractivity contribution in [3.05, 3.63) is 24.3 Å². The van der Waals surface area contributed by atoms with Crippen LogP contribution in [0.25, 0.3) is 0 Å². The normalized spacial score (nSPS) is 14.2. The summed E-state index contributed by atoms with van der Waals surface area (Å²) in [6.45, 7) is 12.0. The van der Waals surface area contributed by atoms with Crippen molar-refractivity contribution in [1.29, 1.82) is 0 Å². The van der Waals surface area contributed by atoms with Crippen LogP contribution in [0.3, 0.4) is 0 Å². The molecule has 4 unspecified atom stereocenters. The van der Waals surface area contributed by atoms with Crippen molar-refractivity contribution in [3.8, 4) is 0 Å². The van der Waals surface area contributed by atoms with E-state index < -0.39 is 97.5 Å². The highest BCUT2D eigenvalue weighted by atomic mass is 31.2. The van der Waals surface area contributed by atoms with E-state index in [1.165, 1.54) is 231 Å². The standard InChI is InChI=1S/C89H170O17P2/c1-8-10-11-12-13-14-15-16-25-32-37-42-49-56-63-70-86(91)99-76-84(105-88(93)72-65-58-51-44-39-34-29-24-20-18-22-27-31-36-41-48-55-62-69-82(7)9-2)78-103-107(95,96)101-74-83(90)75-102-108(97,98)104-79-85(77-100-87(92)71-64-57-52-45-47-54-61-68-81(5)6)106-89(94)73-66-59-50-43-38-33-28-23-19-17-21-26-30-35-40-46-53-60-67-80(3)4/h14-16,25,80-85,90H,8-13,17-24,26-79H2,1-7H3,(H,95,96)(H,97,98)/b15-14-,25-16-/t82?,83?,84-,85-/m1/s1. The van der Waals surface area contributed by atoms with Gasteiger partial charge in [-0.3, -0.25) is 37.3 Å². The van der Waals surface area contributed by atoms with Crippen LogP contribution < -0.4 is 0 Å². The summed E-state index contributed by atoms with van der Waals surface area (Å²) in [6.07, 6.45) is 73.2. The van der Waals surface area contributed by atoms with Gasteiger partial charge in [0.05, 0.1) is 26.4 Å². The van der Waals surface area contributed by atoms with Crippen molar-refractivity contribution >= 4 is 39.5 Å². The Morgan fingerprint density at radius 1 is 0.306 bits per heavy atom. The van der Waals surface area contributed by atoms with E-state index in [0.29, 0.717) is 31.6 Å². The van der Waals surface area contributed by atoms with Crippen molar-refractivity contribution in [2.45, 2.75) is 465 Å². The summed E-state index contributed by atoms with van der Waals surface area (Å²) >= 11 is 0. The number of ether oxygens (including phenoxy) is 4. The third kappa shape index (κ3) is 80.2. The Labute approximate surface area is 663 Å². The number of hydrogen-bond acceptors (Lipinski definition) is 15. The molecule has 0 saturated heterocycles. The zero-order valence-corrected chi connectivity index (χ0v) is 72.6. The predicted molar refractivity (Wildman–Crippen MR) is 446 cm³/mol. The van der Waals surface area contributed by atoms with Gasteiger partial charge in [0.1, 0.15) is 19.3 Å². The molecule has 6 atom stereocenters. The third-order valence-corrected chi connectivity index (χ3v) is 22.5. The highest BCUT2D eigenvalue weighted by molar-refractivity contribution is 7.47. The Hall–Kier alpha value is -2.46. The van der Waals surface area contributed by atoms with Crippen molar-refractivity contribution in [2.24, 2.45) is 17.8 Å². The quantitative estimate of drug-likeness (QED) is 0.0169. The molecule has 19 heteroatoms. The van der Waals surface area contributed by atoms with Gasteiger partial charge in [-0.25, -0.2) is 9.13 Å². The fraction of sp³-hybridized carbons (Fsp3) is 0.910. The molecular formula is C89H170O17P2. The lowest BCUT2D eigenvalue weighted by Crippen LogP contribution is -2.30. The second-order valence-electron chi connectivity index (χ2n) is 32.5. The van der Waals surface area contributed by atoms with E-state index in [0.717, 1.165) is 127 Å². The van der Waals surface area contributed by atoms with Crippen LogP contribution in [-0.2, 0) is 65.4 Å². The molecule has 0 spiro atoms. The lowest BCUT2D eigenvalue weighted by Gasteiger charge is -2.21. The van der Waals surface area contributed by atoms with Gasteiger partial charge in [-0.05, 0) is 69.1 Å². The highest BCUT2D eigenvalue weighted by Crippen LogP contribution is 2.45. The van der Waals surface area contributed by atoms with E-state index in [9.17, 15) is 43.2 Å². The Kier molecular flexibility index (Phi) is 76.6. The zero-order chi connectivity index (χ0) is 79.3. The maximum absolute atomic E-state index is 13.1. The summed E-state index contributed by atoms with van der Waals surface area (Å²) < 4.78 is 68.9. The Morgan fingerprint density at radius 3 is 0.824 bits per heavy atom. The first kappa shape index (κ1) is 106. The van der Waals surface area contributed by atoms with Gasteiger partial charge in [-0.2, -0.15) is 0 Å². The van der Waals surface area contributed by atoms with Gasteiger partial charge in [-0.1, -0.05) is 394 Å². The molecule has 0 aromatic heterocycles. The van der Waals surface area contributed by atoms with Crippen LogP contribution in [0.4, 0.5) is 0 Å². The second-order valence-corrected chi connectivity index (χ2v) is 35.4. The van der Waals surface area contributed by atoms with E-state index >= 15 is 0 Å². The van der Waals surface area contributed by atoms with Crippen LogP contribution in [0.2, 0.25) is 0 Å². The maximum Gasteiger partial charge on any atom is 0.472 e. The Balaban J connectivity index is 5.22. The minimum atomic E-state index is -4.97. The number of aliphatic hydroxyl groups excluding tert-OH is 1. The number of hydrogen-bond donors (Lipinski definition) is 3. The molecular weight excluding hydrogens is 1400 g/mol. The van der Waals surface area contributed by atoms with Crippen LogP contribution in [0, 0.1) is 17.8 Å². The summed E-state index contributed by atoms with van der Waals surface area (Å²) in [4.78, 5) is 73.2. The SMILES string of the molecule is CCCCCC/C=C\C=C/CCCCCCCC(=O)OC[C@H](COP(=O)(O)OCC(O)COP(=O)(O)OC[C@@H](COC(=O)CCCCCCCCCC(C)C)OC(=O)CCCCCCCCCCCCCCCCCCCCC(C)C)OC(=O)CCCCCCCCCCCCCCCCCCCCC(C)CC. The molecule has 0 radical (unpaired) electrons. The highest BCUT2D eigenvalue weighted by Gasteiger charge is 2.30. The molecule has 0 fully saturated rings. The molecule has 0 aromatic rings. The van der Waals surface area contributed by atoms with Gasteiger partial charge in [0.25, 0.3) is 0 Å². The first-order chi connectivity index (χ1) is 52.3. The molecule has 0 saturated carbocycles. The molecule has 0 aliphatic carbocycles. The zero-order valence-electron chi connectivity index (χ0n) is 70.8. The fourth-order valence-electron chi connectivity index (χ4n) is 13.3. The molecule has 108 heavy (non-hydrogen) atoms. The summed E-state index contributed by atoms with van der Waals surface area (Å²) in [5.41, 5.74) is 0. The van der Waals surface area contributed by atoms with Crippen molar-refractivity contribution in [1.82, 2.24) is 0 Å². The van der Waals surface area contributed by atoms with Crippen molar-refractivity contribution in [2.75, 3.05) is 39.6 Å². The molecule has 0 aromatic carbocycles. The largest absolute Gasteiger partial charge is 0.472 e. The molecule has 3 N–H and O–H groups in total. The fourth-order valence-corrected chi connectivity index (χ4v) is 14.9. The van der Waals surface area contributed by atoms with E-state index in [2.05, 4.69) is 72.8 Å². The first-order valence-corrected chi connectivity index (χ1v) is 48.2. The summed E-state index contributed by atoms with van der Waals surface area (Å²) in [6, 6.07) is 0. The van der Waals surface area contributed by atoms with Crippen molar-refractivity contribution in [3.63, 3.8) is 0 Å². The van der Waals surface area contributed by atoms with E-state index in [1.807, 2.05) is 0 Å². The summed E-state index contributed by atoms with van der Waals surface area (Å²) in [5, 5.41) is 10.7. The van der Waals surface area contributed by atoms with Crippen LogP contribution >= 0.6 is 15.6 Å². The van der Waals surface area contributed by atoms with Crippen LogP contribution in [0.5, 0.6) is 0 Å². The smallest absolute Gasteiger partial charge is 0.462 e. The molecule has 0 aliphatic heterocycles. The predicted octanol–water partition coefficient (Wildman–Crippen LogP) is 26.8. The van der Waals surface area contributed by atoms with Gasteiger partial charge in [0, 0.05) is 25.7 Å². The number of carbonyl (C=O) groups excluding carboxylic acids is 4. The number of phosphoric acid groups is 2. The van der Waals surface area contributed by atoms with Gasteiger partial charge in [-0.15, -0.1) is 0 Å². The molecule has 0 heterocycles. The van der Waals surface area contributed by atoms with Crippen LogP contribution in [-0.4, -0.2) is 96.7 Å². The number of allylic oxidation sites excluding steroid dienone is 4. The molecule has 0 amide bonds. The molecule has 0 bridgehead atoms. The molecule has 638 valence electrons. The minimum Gasteiger partial charge on any atom is -0.462 e. The van der Waals surface area contributed by atoms with Gasteiger partial charge in [0.15, 0.2) is 12.2 Å². The average Bonchev–Trinajstić information content (AvgIpc) is 0.900. The molecule has 17 nitrogen and oxygen atoms in total. The lowest BCUT2D eigenvalue weighted by molar-refractivity contribution is -0.161. The van der Waals surface area contributed by atoms with Gasteiger partial charge in [0.2, 0.25) is 0 Å². The number of phosphoric ester groups is 2. The number of esters is 4. The maximum atomic E-state index is 13.1. The van der Waals surface area contributed by atoms with E-state index in [-0.39, 0.29) is 25.7 Å². The van der Waals surface area contributed by atoms with Gasteiger partial charge < -0.3 is 33.8 Å². The first-order valence-electron chi connectivity index (χ1n) is 45.2. The summed E-state index contributed by atoms with van der Waals surface area (Å²) in [5.74, 6) is 0.258. The monoisotopic (exact) mass is 1570 g/mol. The van der Waals surface area contributed by atoms with Gasteiger partial charge >= 0.3 is 39.5 Å². The Morgan fingerprint density at radius 2 is 0.546 bits per heavy atom. The van der Waals surface area contributed by atoms with E-state index in [4.69, 9.17) is 37.0 Å². The molecule has 0 aliphatic rings. The molecule has 0 rings (SSSR count). The van der Waals surface area contributed by atoms with Crippen LogP contribution in [0.1, 0.15) is 447 Å². The third-order valence-electron chi connectivity index (χ3n) is 20.6. The number of rotatable bonds is 85. The number of unbranched alkanes of at least 4 members (excludes halogenated alkanes) is 49. The lowest BCUT2D eigenvalue weighted by atomic mass is 9.99. The topological polar surface area (TPSA) is 237 Å². The van der Waals surface area contributed by atoms with E-state index in [1.54, 1.807) is 0 Å². The summed E-state index contributed by atoms with van der Waals surface area (Å²) in [7, 11) is -9.94. The Bertz CT molecular complexity index is 2180. The minimum absolute atomic E-state index is 0.101. The second kappa shape index (κ2) is 78.4. The number of aliphatic hydroxyl groups is 1.